The smallest absolute Gasteiger partial charge is 0.278 e. The highest BCUT2D eigenvalue weighted by atomic mass is 32.2. The van der Waals surface area contributed by atoms with Crippen molar-refractivity contribution >= 4 is 23.4 Å². The molecule has 0 unspecified atom stereocenters. The third-order valence-corrected chi connectivity index (χ3v) is 4.36. The van der Waals surface area contributed by atoms with E-state index in [4.69, 9.17) is 0 Å². The van der Waals surface area contributed by atoms with Crippen molar-refractivity contribution in [2.24, 2.45) is 0 Å². The van der Waals surface area contributed by atoms with Crippen molar-refractivity contribution in [3.05, 3.63) is 34.6 Å². The molecule has 24 heavy (non-hydrogen) atoms. The number of thioether (sulfide) groups is 1. The first-order valence-corrected chi connectivity index (χ1v) is 9.07. The van der Waals surface area contributed by atoms with Crippen LogP contribution in [-0.2, 0) is 4.79 Å². The zero-order valence-electron chi connectivity index (χ0n) is 14.0. The average Bonchev–Trinajstić information content (AvgIpc) is 2.55. The van der Waals surface area contributed by atoms with Crippen LogP contribution in [0.15, 0.2) is 34.2 Å². The van der Waals surface area contributed by atoms with Gasteiger partial charge in [0.1, 0.15) is 0 Å². The zero-order valence-corrected chi connectivity index (χ0v) is 14.8. The number of para-hydroxylation sites is 1. The van der Waals surface area contributed by atoms with Gasteiger partial charge in [0.2, 0.25) is 5.91 Å². The van der Waals surface area contributed by atoms with Crippen LogP contribution in [0, 0.1) is 0 Å². The van der Waals surface area contributed by atoms with E-state index in [0.29, 0.717) is 16.4 Å². The normalized spacial score (nSPS) is 10.6. The molecule has 7 heteroatoms. The molecule has 128 valence electrons. The molecule has 1 heterocycles. The van der Waals surface area contributed by atoms with E-state index in [2.05, 4.69) is 27.4 Å². The van der Waals surface area contributed by atoms with Gasteiger partial charge in [-0.3, -0.25) is 14.6 Å². The Kier molecular flexibility index (Phi) is 6.99. The number of H-pyrrole nitrogens is 1. The molecule has 0 radical (unpaired) electrons. The van der Waals surface area contributed by atoms with Crippen molar-refractivity contribution in [3.8, 4) is 11.3 Å². The number of nitrogens with zero attached hydrogens (tertiary/aromatic N) is 2. The molecule has 2 N–H and O–H groups in total. The summed E-state index contributed by atoms with van der Waals surface area (Å²) >= 11 is 1.50. The first kappa shape index (κ1) is 18.2. The van der Waals surface area contributed by atoms with Crippen molar-refractivity contribution in [1.29, 1.82) is 0 Å². The number of rotatable bonds is 8. The maximum absolute atomic E-state index is 12.3. The molecule has 1 aromatic heterocycles. The first-order chi connectivity index (χ1) is 11.6. The Morgan fingerprint density at radius 2 is 2.00 bits per heavy atom. The van der Waals surface area contributed by atoms with Gasteiger partial charge < -0.3 is 5.32 Å². The fourth-order valence-corrected chi connectivity index (χ4v) is 3.05. The molecule has 0 aliphatic heterocycles. The number of carbonyl (C=O) groups is 1. The number of nitrogens with one attached hydrogen (secondary N) is 2. The van der Waals surface area contributed by atoms with Gasteiger partial charge in [0.05, 0.1) is 5.69 Å². The molecule has 1 aromatic carbocycles. The van der Waals surface area contributed by atoms with E-state index in [1.807, 2.05) is 0 Å². The average molecular weight is 346 g/mol. The molecule has 0 spiro atoms. The lowest BCUT2D eigenvalue weighted by atomic mass is 10.1. The Hall–Kier alpha value is -2.15. The van der Waals surface area contributed by atoms with Gasteiger partial charge in [-0.25, -0.2) is 0 Å². The maximum Gasteiger partial charge on any atom is 0.278 e. The lowest BCUT2D eigenvalue weighted by molar-refractivity contribution is -0.114. The number of aromatic nitrogens is 3. The van der Waals surface area contributed by atoms with E-state index in [1.165, 1.54) is 37.9 Å². The number of aromatic amines is 1. The summed E-state index contributed by atoms with van der Waals surface area (Å²) in [5.74, 6) is 0.706. The molecular weight excluding hydrogens is 324 g/mol. The van der Waals surface area contributed by atoms with Gasteiger partial charge in [-0.15, -0.1) is 10.2 Å². The Morgan fingerprint density at radius 1 is 1.21 bits per heavy atom. The summed E-state index contributed by atoms with van der Waals surface area (Å²) in [5, 5.41) is 11.4. The number of hydrogen-bond acceptors (Lipinski definition) is 5. The molecule has 1 amide bonds. The van der Waals surface area contributed by atoms with E-state index in [-0.39, 0.29) is 17.2 Å². The van der Waals surface area contributed by atoms with Crippen LogP contribution in [0.2, 0.25) is 0 Å². The summed E-state index contributed by atoms with van der Waals surface area (Å²) in [4.78, 5) is 26.4. The number of carbonyl (C=O) groups excluding carboxylic acids is 1. The fraction of sp³-hybridized carbons (Fsp3) is 0.412. The minimum Gasteiger partial charge on any atom is -0.326 e. The number of anilines is 1. The topological polar surface area (TPSA) is 87.7 Å². The predicted molar refractivity (Wildman–Crippen MR) is 97.3 cm³/mol. The Bertz CT molecular complexity index is 745. The lowest BCUT2D eigenvalue weighted by Crippen LogP contribution is -2.16. The number of hydrogen-bond donors (Lipinski definition) is 2. The lowest BCUT2D eigenvalue weighted by Gasteiger charge is -2.08. The Balaban J connectivity index is 2.13. The van der Waals surface area contributed by atoms with Crippen molar-refractivity contribution < 1.29 is 4.79 Å². The van der Waals surface area contributed by atoms with E-state index in [0.717, 1.165) is 12.2 Å². The largest absolute Gasteiger partial charge is 0.326 e. The van der Waals surface area contributed by atoms with Crippen LogP contribution < -0.4 is 10.9 Å². The number of unbranched alkanes of at least 4 members (excludes halogenated alkanes) is 3. The zero-order chi connectivity index (χ0) is 17.4. The molecule has 0 saturated carbocycles. The monoisotopic (exact) mass is 346 g/mol. The predicted octanol–water partition coefficient (Wildman–Crippen LogP) is 3.46. The van der Waals surface area contributed by atoms with E-state index in [9.17, 15) is 9.59 Å². The molecule has 0 fully saturated rings. The van der Waals surface area contributed by atoms with Crippen LogP contribution in [-0.4, -0.2) is 26.8 Å². The highest BCUT2D eigenvalue weighted by molar-refractivity contribution is 7.99. The van der Waals surface area contributed by atoms with Gasteiger partial charge in [-0.2, -0.15) is 0 Å². The Morgan fingerprint density at radius 3 is 2.71 bits per heavy atom. The Labute approximate surface area is 145 Å². The van der Waals surface area contributed by atoms with Gasteiger partial charge in [0.25, 0.3) is 5.56 Å². The molecule has 0 bridgehead atoms. The SMILES string of the molecule is CCCCCCSc1nnc(-c2ccccc2NC(C)=O)c(=O)[nH]1. The van der Waals surface area contributed by atoms with Gasteiger partial charge in [0.15, 0.2) is 10.9 Å². The molecule has 0 saturated heterocycles. The minimum absolute atomic E-state index is 0.203. The number of benzene rings is 1. The standard InChI is InChI=1S/C17H22N4O2S/c1-3-4-5-8-11-24-17-19-16(23)15(20-21-17)13-9-6-7-10-14(13)18-12(2)22/h6-7,9-10H,3-5,8,11H2,1-2H3,(H,18,22)(H,19,21,23). The van der Waals surface area contributed by atoms with Crippen LogP contribution in [0.5, 0.6) is 0 Å². The third kappa shape index (κ3) is 5.19. The van der Waals surface area contributed by atoms with Gasteiger partial charge >= 0.3 is 0 Å². The second-order valence-electron chi connectivity index (χ2n) is 5.44. The van der Waals surface area contributed by atoms with Crippen molar-refractivity contribution in [3.63, 3.8) is 0 Å². The maximum atomic E-state index is 12.3. The summed E-state index contributed by atoms with van der Waals surface area (Å²) in [6.07, 6.45) is 4.70. The van der Waals surface area contributed by atoms with Gasteiger partial charge in [0, 0.05) is 18.2 Å². The summed E-state index contributed by atoms with van der Waals surface area (Å²) in [6, 6.07) is 7.05. The fourth-order valence-electron chi connectivity index (χ4n) is 2.25. The first-order valence-electron chi connectivity index (χ1n) is 8.08. The highest BCUT2D eigenvalue weighted by Gasteiger charge is 2.12. The molecule has 0 aliphatic rings. The van der Waals surface area contributed by atoms with Gasteiger partial charge in [-0.1, -0.05) is 56.1 Å². The summed E-state index contributed by atoms with van der Waals surface area (Å²) < 4.78 is 0. The molecule has 6 nitrogen and oxygen atoms in total. The summed E-state index contributed by atoms with van der Waals surface area (Å²) in [6.45, 7) is 3.60. The van der Waals surface area contributed by atoms with E-state index in [1.54, 1.807) is 24.3 Å². The van der Waals surface area contributed by atoms with Crippen molar-refractivity contribution in [2.45, 2.75) is 44.7 Å². The second-order valence-corrected chi connectivity index (χ2v) is 6.53. The van der Waals surface area contributed by atoms with Crippen LogP contribution >= 0.6 is 11.8 Å². The summed E-state index contributed by atoms with van der Waals surface area (Å²) in [7, 11) is 0. The quantitative estimate of drug-likeness (QED) is 0.564. The number of amides is 1. The molecular formula is C17H22N4O2S. The van der Waals surface area contributed by atoms with Crippen LogP contribution in [0.3, 0.4) is 0 Å². The van der Waals surface area contributed by atoms with E-state index >= 15 is 0 Å². The van der Waals surface area contributed by atoms with E-state index < -0.39 is 0 Å². The van der Waals surface area contributed by atoms with Crippen LogP contribution in [0.1, 0.15) is 39.5 Å². The van der Waals surface area contributed by atoms with Crippen molar-refractivity contribution in [1.82, 2.24) is 15.2 Å². The molecule has 0 atom stereocenters. The van der Waals surface area contributed by atoms with Crippen LogP contribution in [0.4, 0.5) is 5.69 Å². The second kappa shape index (κ2) is 9.22. The van der Waals surface area contributed by atoms with Crippen molar-refractivity contribution in [2.75, 3.05) is 11.1 Å². The molecule has 2 aromatic rings. The molecule has 0 aliphatic carbocycles. The summed E-state index contributed by atoms with van der Waals surface area (Å²) in [5.41, 5.74) is 0.999. The minimum atomic E-state index is -0.307. The highest BCUT2D eigenvalue weighted by Crippen LogP contribution is 2.24. The van der Waals surface area contributed by atoms with Crippen LogP contribution in [0.25, 0.3) is 11.3 Å². The van der Waals surface area contributed by atoms with Gasteiger partial charge in [-0.05, 0) is 12.5 Å². The third-order valence-electron chi connectivity index (χ3n) is 3.41. The molecule has 2 rings (SSSR count).